The number of halogens is 1. The number of nitrogens with zero attached hydrogens (tertiary/aromatic N) is 1. The van der Waals surface area contributed by atoms with Crippen LogP contribution in [0.3, 0.4) is 0 Å². The summed E-state index contributed by atoms with van der Waals surface area (Å²) in [4.78, 5) is 27.7. The van der Waals surface area contributed by atoms with E-state index in [1.165, 1.54) is 29.2 Å². The number of carbonyl (C=O) groups excluding carboxylic acids is 2. The van der Waals surface area contributed by atoms with E-state index in [0.717, 1.165) is 11.1 Å². The number of carbonyl (C=O) groups is 2. The van der Waals surface area contributed by atoms with Gasteiger partial charge < -0.3 is 9.84 Å². The molecule has 3 aromatic rings. The molecule has 1 aliphatic heterocycles. The van der Waals surface area contributed by atoms with Crippen LogP contribution in [0, 0.1) is 19.7 Å². The minimum absolute atomic E-state index is 0.0134. The monoisotopic (exact) mass is 459 g/mol. The first-order valence-electron chi connectivity index (χ1n) is 11.1. The van der Waals surface area contributed by atoms with Crippen LogP contribution < -0.4 is 9.64 Å². The Morgan fingerprint density at radius 2 is 1.71 bits per heavy atom. The summed E-state index contributed by atoms with van der Waals surface area (Å²) in [5.74, 6) is -1.63. The normalized spacial score (nSPS) is 17.5. The summed E-state index contributed by atoms with van der Waals surface area (Å²) in [6, 6.07) is 17.0. The zero-order chi connectivity index (χ0) is 24.6. The van der Waals surface area contributed by atoms with Gasteiger partial charge in [0.1, 0.15) is 17.3 Å². The van der Waals surface area contributed by atoms with Gasteiger partial charge in [0, 0.05) is 11.3 Å². The van der Waals surface area contributed by atoms with Gasteiger partial charge >= 0.3 is 0 Å². The minimum Gasteiger partial charge on any atom is -0.507 e. The number of rotatable bonds is 5. The van der Waals surface area contributed by atoms with Crippen LogP contribution >= 0.6 is 0 Å². The lowest BCUT2D eigenvalue weighted by atomic mass is 9.94. The summed E-state index contributed by atoms with van der Waals surface area (Å²) in [7, 11) is 0. The van der Waals surface area contributed by atoms with E-state index >= 15 is 0 Å². The summed E-state index contributed by atoms with van der Waals surface area (Å²) in [6.45, 7) is 7.60. The van der Waals surface area contributed by atoms with Gasteiger partial charge in [0.25, 0.3) is 11.7 Å². The second kappa shape index (κ2) is 9.14. The Morgan fingerprint density at radius 1 is 1.00 bits per heavy atom. The van der Waals surface area contributed by atoms with E-state index < -0.39 is 23.5 Å². The van der Waals surface area contributed by atoms with Gasteiger partial charge in [0.05, 0.1) is 17.7 Å². The quantitative estimate of drug-likeness (QED) is 0.295. The molecule has 1 unspecified atom stereocenters. The number of ketones is 1. The fourth-order valence-corrected chi connectivity index (χ4v) is 4.19. The van der Waals surface area contributed by atoms with E-state index in [1.54, 1.807) is 24.3 Å². The standard InChI is InChI=1S/C28H26FNO4/c1-16(2)34-23-13-8-20(15-18(23)4)26(31)24-25(19-7-5-6-17(3)14-19)30(28(33)27(24)32)22-11-9-21(29)10-12-22/h5-16,25,31H,1-4H3/b26-24-. The van der Waals surface area contributed by atoms with E-state index in [2.05, 4.69) is 0 Å². The molecule has 4 rings (SSSR count). The van der Waals surface area contributed by atoms with Gasteiger partial charge in [-0.2, -0.15) is 0 Å². The summed E-state index contributed by atoms with van der Waals surface area (Å²) in [5, 5.41) is 11.3. The highest BCUT2D eigenvalue weighted by Crippen LogP contribution is 2.42. The molecule has 0 aliphatic carbocycles. The second-order valence-corrected chi connectivity index (χ2v) is 8.71. The Balaban J connectivity index is 1.89. The van der Waals surface area contributed by atoms with Crippen LogP contribution in [0.4, 0.5) is 10.1 Å². The largest absolute Gasteiger partial charge is 0.507 e. The third-order valence-corrected chi connectivity index (χ3v) is 5.72. The predicted octanol–water partition coefficient (Wildman–Crippen LogP) is 5.86. The van der Waals surface area contributed by atoms with Crippen LogP contribution in [0.2, 0.25) is 0 Å². The summed E-state index contributed by atoms with van der Waals surface area (Å²) in [5.41, 5.74) is 3.15. The minimum atomic E-state index is -0.864. The first-order chi connectivity index (χ1) is 16.2. The molecule has 1 fully saturated rings. The molecule has 3 aromatic carbocycles. The number of benzene rings is 3. The van der Waals surface area contributed by atoms with Crippen molar-refractivity contribution in [1.82, 2.24) is 0 Å². The van der Waals surface area contributed by atoms with Gasteiger partial charge in [-0.3, -0.25) is 14.5 Å². The van der Waals surface area contributed by atoms with Crippen molar-refractivity contribution in [3.63, 3.8) is 0 Å². The molecule has 0 saturated carbocycles. The van der Waals surface area contributed by atoms with E-state index in [0.29, 0.717) is 22.6 Å². The van der Waals surface area contributed by atoms with E-state index in [1.807, 2.05) is 45.9 Å². The van der Waals surface area contributed by atoms with Gasteiger partial charge in [0.2, 0.25) is 0 Å². The highest BCUT2D eigenvalue weighted by molar-refractivity contribution is 6.51. The molecule has 5 nitrogen and oxygen atoms in total. The number of aliphatic hydroxyl groups is 1. The third-order valence-electron chi connectivity index (χ3n) is 5.72. The molecule has 34 heavy (non-hydrogen) atoms. The molecular weight excluding hydrogens is 433 g/mol. The van der Waals surface area contributed by atoms with Gasteiger partial charge in [-0.15, -0.1) is 0 Å². The first kappa shape index (κ1) is 23.2. The maximum absolute atomic E-state index is 13.6. The summed E-state index contributed by atoms with van der Waals surface area (Å²) >= 11 is 0. The topological polar surface area (TPSA) is 66.8 Å². The lowest BCUT2D eigenvalue weighted by Crippen LogP contribution is -2.29. The SMILES string of the molecule is Cc1cccc(C2/C(=C(/O)c3ccc(OC(C)C)c(C)c3)C(=O)C(=O)N2c2ccc(F)cc2)c1. The fourth-order valence-electron chi connectivity index (χ4n) is 4.19. The molecule has 1 N–H and O–H groups in total. The van der Waals surface area contributed by atoms with Crippen LogP contribution in [0.15, 0.2) is 72.3 Å². The van der Waals surface area contributed by atoms with Crippen molar-refractivity contribution >= 4 is 23.1 Å². The van der Waals surface area contributed by atoms with Crippen LogP contribution in [0.5, 0.6) is 5.75 Å². The second-order valence-electron chi connectivity index (χ2n) is 8.71. The molecule has 6 heteroatoms. The van der Waals surface area contributed by atoms with Crippen LogP contribution in [0.1, 0.15) is 42.1 Å². The Bertz CT molecular complexity index is 1290. The van der Waals surface area contributed by atoms with Gasteiger partial charge in [0.15, 0.2) is 0 Å². The Morgan fingerprint density at radius 3 is 2.32 bits per heavy atom. The van der Waals surface area contributed by atoms with Crippen molar-refractivity contribution in [3.05, 3.63) is 100 Å². The first-order valence-corrected chi connectivity index (χ1v) is 11.1. The number of aryl methyl sites for hydroxylation is 2. The lowest BCUT2D eigenvalue weighted by Gasteiger charge is -2.25. The number of Topliss-reactive ketones (excluding diaryl/α,β-unsaturated/α-hetero) is 1. The predicted molar refractivity (Wildman–Crippen MR) is 129 cm³/mol. The van der Waals surface area contributed by atoms with Crippen LogP contribution in [-0.2, 0) is 9.59 Å². The number of anilines is 1. The van der Waals surface area contributed by atoms with Gasteiger partial charge in [-0.25, -0.2) is 4.39 Å². The van der Waals surface area contributed by atoms with Gasteiger partial charge in [-0.1, -0.05) is 29.8 Å². The zero-order valence-electron chi connectivity index (χ0n) is 19.5. The number of aliphatic hydroxyl groups excluding tert-OH is 1. The van der Waals surface area contributed by atoms with E-state index in [9.17, 15) is 19.1 Å². The lowest BCUT2D eigenvalue weighted by molar-refractivity contribution is -0.132. The molecule has 1 aliphatic rings. The molecule has 174 valence electrons. The average molecular weight is 460 g/mol. The number of amides is 1. The van der Waals surface area contributed by atoms with Crippen LogP contribution in [0.25, 0.3) is 5.76 Å². The highest BCUT2D eigenvalue weighted by Gasteiger charge is 2.47. The Hall–Kier alpha value is -3.93. The third kappa shape index (κ3) is 4.31. The molecule has 1 atom stereocenters. The summed E-state index contributed by atoms with van der Waals surface area (Å²) in [6.07, 6.45) is -0.0134. The van der Waals surface area contributed by atoms with Crippen molar-refractivity contribution < 1.29 is 23.8 Å². The maximum atomic E-state index is 13.6. The van der Waals surface area contributed by atoms with Crippen molar-refractivity contribution in [3.8, 4) is 5.75 Å². The van der Waals surface area contributed by atoms with Crippen LogP contribution in [-0.4, -0.2) is 22.9 Å². The smallest absolute Gasteiger partial charge is 0.300 e. The highest BCUT2D eigenvalue weighted by atomic mass is 19.1. The number of hydrogen-bond acceptors (Lipinski definition) is 4. The van der Waals surface area contributed by atoms with Gasteiger partial charge in [-0.05, 0) is 81.3 Å². The Labute approximate surface area is 198 Å². The molecule has 0 spiro atoms. The fraction of sp³-hybridized carbons (Fsp3) is 0.214. The molecule has 0 aromatic heterocycles. The average Bonchev–Trinajstić information content (AvgIpc) is 3.05. The van der Waals surface area contributed by atoms with Crippen molar-refractivity contribution in [2.45, 2.75) is 39.8 Å². The maximum Gasteiger partial charge on any atom is 0.300 e. The van der Waals surface area contributed by atoms with E-state index in [4.69, 9.17) is 4.74 Å². The Kier molecular flexibility index (Phi) is 6.24. The molecule has 0 radical (unpaired) electrons. The van der Waals surface area contributed by atoms with E-state index in [-0.39, 0.29) is 17.4 Å². The van der Waals surface area contributed by atoms with Crippen molar-refractivity contribution in [1.29, 1.82) is 0 Å². The zero-order valence-corrected chi connectivity index (χ0v) is 19.5. The summed E-state index contributed by atoms with van der Waals surface area (Å²) < 4.78 is 19.3. The molecular formula is C28H26FNO4. The van der Waals surface area contributed by atoms with Crippen molar-refractivity contribution in [2.24, 2.45) is 0 Å². The molecule has 1 amide bonds. The number of hydrogen-bond donors (Lipinski definition) is 1. The molecule has 0 bridgehead atoms. The van der Waals surface area contributed by atoms with Crippen molar-refractivity contribution in [2.75, 3.05) is 4.90 Å². The number of ether oxygens (including phenoxy) is 1. The molecule has 1 saturated heterocycles. The molecule has 1 heterocycles.